The summed E-state index contributed by atoms with van der Waals surface area (Å²) in [5.41, 5.74) is 1.13. The maximum atomic E-state index is 13.3. The Labute approximate surface area is 190 Å². The lowest BCUT2D eigenvalue weighted by Gasteiger charge is -2.18. The van der Waals surface area contributed by atoms with E-state index in [1.54, 1.807) is 17.9 Å². The molecule has 7 nitrogen and oxygen atoms in total. The second-order valence-electron chi connectivity index (χ2n) is 8.01. The number of amides is 2. The monoisotopic (exact) mass is 477 g/mol. The Morgan fingerprint density at radius 3 is 2.69 bits per heavy atom. The van der Waals surface area contributed by atoms with Gasteiger partial charge in [0.1, 0.15) is 5.82 Å². The van der Waals surface area contributed by atoms with Crippen molar-refractivity contribution in [3.63, 3.8) is 0 Å². The number of nitrogens with one attached hydrogen (secondary N) is 2. The molecule has 2 aromatic rings. The Morgan fingerprint density at radius 2 is 1.97 bits per heavy atom. The molecular formula is C22H24FN3O4S2. The van der Waals surface area contributed by atoms with Gasteiger partial charge < -0.3 is 10.2 Å². The van der Waals surface area contributed by atoms with Crippen molar-refractivity contribution in [1.82, 2.24) is 4.90 Å². The number of anilines is 2. The Hall–Kier alpha value is -2.59. The summed E-state index contributed by atoms with van der Waals surface area (Å²) in [6.45, 7) is 3.09. The minimum Gasteiger partial charge on any atom is -0.343 e. The fraction of sp³-hybridized carbons (Fsp3) is 0.364. The molecule has 170 valence electrons. The van der Waals surface area contributed by atoms with E-state index in [0.717, 1.165) is 30.8 Å². The van der Waals surface area contributed by atoms with E-state index in [9.17, 15) is 22.4 Å². The molecule has 1 saturated heterocycles. The first-order chi connectivity index (χ1) is 15.2. The molecule has 2 heterocycles. The van der Waals surface area contributed by atoms with Crippen LogP contribution in [-0.2, 0) is 19.6 Å². The zero-order valence-corrected chi connectivity index (χ0v) is 19.2. The summed E-state index contributed by atoms with van der Waals surface area (Å²) in [7, 11) is -3.95. The molecule has 2 aliphatic rings. The van der Waals surface area contributed by atoms with Crippen molar-refractivity contribution in [2.24, 2.45) is 5.92 Å². The first-order valence-electron chi connectivity index (χ1n) is 10.4. The molecule has 1 atom stereocenters. The number of sulfonamides is 1. The number of hydrogen-bond donors (Lipinski definition) is 2. The van der Waals surface area contributed by atoms with Crippen LogP contribution in [0.15, 0.2) is 46.2 Å². The van der Waals surface area contributed by atoms with Gasteiger partial charge in [0, 0.05) is 30.2 Å². The van der Waals surface area contributed by atoms with Gasteiger partial charge in [-0.1, -0.05) is 0 Å². The van der Waals surface area contributed by atoms with E-state index < -0.39 is 21.8 Å². The maximum Gasteiger partial charge on any atom is 0.261 e. The van der Waals surface area contributed by atoms with Gasteiger partial charge in [-0.3, -0.25) is 14.3 Å². The van der Waals surface area contributed by atoms with Gasteiger partial charge in [0.15, 0.2) is 0 Å². The molecule has 1 unspecified atom stereocenters. The highest BCUT2D eigenvalue weighted by Crippen LogP contribution is 2.35. The summed E-state index contributed by atoms with van der Waals surface area (Å²) in [6, 6.07) is 8.32. The molecule has 2 amide bonds. The molecule has 0 bridgehead atoms. The Morgan fingerprint density at radius 1 is 1.22 bits per heavy atom. The number of nitrogens with zero attached hydrogens (tertiary/aromatic N) is 1. The van der Waals surface area contributed by atoms with Gasteiger partial charge in [0.05, 0.1) is 22.2 Å². The number of rotatable bonds is 5. The van der Waals surface area contributed by atoms with E-state index in [1.165, 1.54) is 42.1 Å². The van der Waals surface area contributed by atoms with Crippen LogP contribution in [0.1, 0.15) is 24.8 Å². The number of halogens is 1. The van der Waals surface area contributed by atoms with Crippen molar-refractivity contribution in [3.8, 4) is 0 Å². The fourth-order valence-corrected chi connectivity index (χ4v) is 6.04. The van der Waals surface area contributed by atoms with Crippen molar-refractivity contribution in [3.05, 3.63) is 47.8 Å². The van der Waals surface area contributed by atoms with E-state index >= 15 is 0 Å². The number of carbonyl (C=O) groups excluding carboxylic acids is 2. The van der Waals surface area contributed by atoms with Crippen LogP contribution in [0.3, 0.4) is 0 Å². The lowest BCUT2D eigenvalue weighted by molar-refractivity contribution is -0.133. The second-order valence-corrected chi connectivity index (χ2v) is 10.8. The molecule has 0 spiro atoms. The molecule has 0 aliphatic carbocycles. The van der Waals surface area contributed by atoms with Gasteiger partial charge >= 0.3 is 0 Å². The standard InChI is InChI=1S/C22H24FN3O4S2/c1-14-10-16(23)4-6-18(14)25-32(29,30)17-5-7-20-19(12-17)24-22(28)15(13-31-20)11-21(27)26-8-2-3-9-26/h4-7,10,12,15,25H,2-3,8-9,11,13H2,1H3,(H,24,28). The molecule has 2 N–H and O–H groups in total. The van der Waals surface area contributed by atoms with Gasteiger partial charge in [-0.15, -0.1) is 11.8 Å². The van der Waals surface area contributed by atoms with Crippen LogP contribution in [0.4, 0.5) is 15.8 Å². The van der Waals surface area contributed by atoms with Gasteiger partial charge in [-0.25, -0.2) is 12.8 Å². The van der Waals surface area contributed by atoms with E-state index in [-0.39, 0.29) is 28.8 Å². The van der Waals surface area contributed by atoms with Gasteiger partial charge in [0.25, 0.3) is 10.0 Å². The average molecular weight is 478 g/mol. The van der Waals surface area contributed by atoms with Gasteiger partial charge in [-0.2, -0.15) is 0 Å². The molecule has 4 rings (SSSR count). The second kappa shape index (κ2) is 9.11. The molecule has 32 heavy (non-hydrogen) atoms. The maximum absolute atomic E-state index is 13.3. The number of hydrogen-bond acceptors (Lipinski definition) is 5. The van der Waals surface area contributed by atoms with E-state index in [0.29, 0.717) is 17.0 Å². The molecule has 10 heteroatoms. The molecule has 0 radical (unpaired) electrons. The molecule has 2 aromatic carbocycles. The van der Waals surface area contributed by atoms with Crippen LogP contribution in [0, 0.1) is 18.7 Å². The first-order valence-corrected chi connectivity index (χ1v) is 12.8. The number of benzene rings is 2. The number of fused-ring (bicyclic) bond motifs is 1. The third kappa shape index (κ3) is 4.91. The van der Waals surface area contributed by atoms with Crippen molar-refractivity contribution in [2.75, 3.05) is 28.9 Å². The lowest BCUT2D eigenvalue weighted by atomic mass is 10.1. The number of aryl methyl sites for hydroxylation is 1. The van der Waals surface area contributed by atoms with Gasteiger partial charge in [-0.05, 0) is 61.7 Å². The van der Waals surface area contributed by atoms with Crippen LogP contribution in [0.2, 0.25) is 0 Å². The average Bonchev–Trinajstić information content (AvgIpc) is 3.23. The number of carbonyl (C=O) groups is 2. The largest absolute Gasteiger partial charge is 0.343 e. The molecule has 2 aliphatic heterocycles. The predicted octanol–water partition coefficient (Wildman–Crippen LogP) is 3.61. The summed E-state index contributed by atoms with van der Waals surface area (Å²) in [5.74, 6) is -0.803. The van der Waals surface area contributed by atoms with Crippen molar-refractivity contribution in [1.29, 1.82) is 0 Å². The van der Waals surface area contributed by atoms with E-state index in [2.05, 4.69) is 10.0 Å². The fourth-order valence-electron chi connectivity index (χ4n) is 3.80. The van der Waals surface area contributed by atoms with Crippen molar-refractivity contribution in [2.45, 2.75) is 36.0 Å². The summed E-state index contributed by atoms with van der Waals surface area (Å²) in [4.78, 5) is 27.8. The topological polar surface area (TPSA) is 95.6 Å². The normalized spacial score (nSPS) is 18.6. The van der Waals surface area contributed by atoms with Gasteiger partial charge in [0.2, 0.25) is 11.8 Å². The quantitative estimate of drug-likeness (QED) is 0.686. The summed E-state index contributed by atoms with van der Waals surface area (Å²) < 4.78 is 41.5. The van der Waals surface area contributed by atoms with Crippen LogP contribution in [0.5, 0.6) is 0 Å². The third-order valence-electron chi connectivity index (χ3n) is 5.64. The highest BCUT2D eigenvalue weighted by atomic mass is 32.2. The lowest BCUT2D eigenvalue weighted by Crippen LogP contribution is -2.33. The number of likely N-dealkylation sites (tertiary alicyclic amines) is 1. The minimum atomic E-state index is -3.95. The Kier molecular flexibility index (Phi) is 6.43. The summed E-state index contributed by atoms with van der Waals surface area (Å²) in [5, 5.41) is 2.79. The minimum absolute atomic E-state index is 0.0173. The first kappa shape index (κ1) is 22.6. The van der Waals surface area contributed by atoms with E-state index in [1.807, 2.05) is 0 Å². The zero-order chi connectivity index (χ0) is 22.9. The number of thioether (sulfide) groups is 1. The van der Waals surface area contributed by atoms with Crippen LogP contribution >= 0.6 is 11.8 Å². The van der Waals surface area contributed by atoms with Crippen molar-refractivity contribution < 1.29 is 22.4 Å². The van der Waals surface area contributed by atoms with Crippen LogP contribution in [-0.4, -0.2) is 44.0 Å². The molecule has 1 fully saturated rings. The van der Waals surface area contributed by atoms with E-state index in [4.69, 9.17) is 0 Å². The van der Waals surface area contributed by atoms with Crippen molar-refractivity contribution >= 4 is 45.0 Å². The summed E-state index contributed by atoms with van der Waals surface area (Å²) >= 11 is 1.42. The Balaban J connectivity index is 1.50. The smallest absolute Gasteiger partial charge is 0.261 e. The zero-order valence-electron chi connectivity index (χ0n) is 17.6. The van der Waals surface area contributed by atoms with Crippen LogP contribution < -0.4 is 10.0 Å². The highest BCUT2D eigenvalue weighted by molar-refractivity contribution is 7.99. The SMILES string of the molecule is Cc1cc(F)ccc1NS(=O)(=O)c1ccc2c(c1)NC(=O)C(CC(=O)N1CCCC1)CS2. The third-order valence-corrected chi connectivity index (χ3v) is 8.24. The Bertz CT molecular complexity index is 1160. The van der Waals surface area contributed by atoms with Crippen LogP contribution in [0.25, 0.3) is 0 Å². The molecule has 0 saturated carbocycles. The molecule has 0 aromatic heterocycles. The highest BCUT2D eigenvalue weighted by Gasteiger charge is 2.30. The predicted molar refractivity (Wildman–Crippen MR) is 122 cm³/mol. The summed E-state index contributed by atoms with van der Waals surface area (Å²) in [6.07, 6.45) is 2.13. The molecular weight excluding hydrogens is 453 g/mol.